The summed E-state index contributed by atoms with van der Waals surface area (Å²) in [5.74, 6) is 0.581. The van der Waals surface area contributed by atoms with E-state index < -0.39 is 0 Å². The minimum atomic E-state index is 0.581. The number of hydrazone groups is 1. The largest absolute Gasteiger partial charge is 0.261 e. The topological polar surface area (TPSA) is 76.0 Å². The van der Waals surface area contributed by atoms with E-state index in [2.05, 4.69) is 30.5 Å². The fraction of sp³-hybridized carbons (Fsp3) is 0. The Labute approximate surface area is 86.1 Å². The smallest absolute Gasteiger partial charge is 0.164 e. The van der Waals surface area contributed by atoms with Crippen molar-refractivity contribution in [2.45, 2.75) is 0 Å². The lowest BCUT2D eigenvalue weighted by molar-refractivity contribution is 1.15. The van der Waals surface area contributed by atoms with E-state index in [1.807, 2.05) is 0 Å². The zero-order valence-electron chi connectivity index (χ0n) is 7.78. The third kappa shape index (κ3) is 2.80. The van der Waals surface area contributed by atoms with E-state index in [1.165, 1.54) is 0 Å². The van der Waals surface area contributed by atoms with Crippen LogP contribution in [0.2, 0.25) is 0 Å². The molecule has 0 saturated carbocycles. The number of nitrogens with zero attached hydrogens (tertiary/aromatic N) is 5. The lowest BCUT2D eigenvalue weighted by Gasteiger charge is -1.95. The van der Waals surface area contributed by atoms with Gasteiger partial charge in [0.15, 0.2) is 5.82 Å². The van der Waals surface area contributed by atoms with Gasteiger partial charge in [-0.05, 0) is 0 Å². The monoisotopic (exact) mass is 200 g/mol. The van der Waals surface area contributed by atoms with E-state index in [0.29, 0.717) is 11.5 Å². The zero-order valence-corrected chi connectivity index (χ0v) is 7.78. The molecule has 0 aliphatic heterocycles. The average molecular weight is 200 g/mol. The maximum absolute atomic E-state index is 4.02. The highest BCUT2D eigenvalue weighted by Crippen LogP contribution is 1.95. The van der Waals surface area contributed by atoms with Crippen molar-refractivity contribution in [1.82, 2.24) is 19.9 Å². The Hall–Kier alpha value is -2.37. The summed E-state index contributed by atoms with van der Waals surface area (Å²) in [5.41, 5.74) is 3.40. The van der Waals surface area contributed by atoms with E-state index >= 15 is 0 Å². The lowest BCUT2D eigenvalue weighted by Crippen LogP contribution is -1.95. The standard InChI is InChI=1S/C9H8N6/c1-3-12-8(5-10-1)6-14-15-9-7-11-2-4-13-9/h1-7H,(H,13,15)/b14-6+. The van der Waals surface area contributed by atoms with Crippen LogP contribution in [0.25, 0.3) is 0 Å². The number of rotatable bonds is 3. The molecule has 0 radical (unpaired) electrons. The van der Waals surface area contributed by atoms with Crippen molar-refractivity contribution in [3.63, 3.8) is 0 Å². The first-order valence-electron chi connectivity index (χ1n) is 4.26. The molecular formula is C9H8N6. The minimum Gasteiger partial charge on any atom is -0.261 e. The molecule has 0 atom stereocenters. The summed E-state index contributed by atoms with van der Waals surface area (Å²) in [7, 11) is 0. The maximum Gasteiger partial charge on any atom is 0.164 e. The SMILES string of the molecule is C(=N\Nc1cnccn1)/c1cnccn1. The van der Waals surface area contributed by atoms with Crippen molar-refractivity contribution < 1.29 is 0 Å². The second kappa shape index (κ2) is 4.75. The molecule has 0 fully saturated rings. The first kappa shape index (κ1) is 9.20. The van der Waals surface area contributed by atoms with Crippen LogP contribution in [0.3, 0.4) is 0 Å². The van der Waals surface area contributed by atoms with Gasteiger partial charge in [0.25, 0.3) is 0 Å². The fourth-order valence-electron chi connectivity index (χ4n) is 0.899. The molecule has 0 aliphatic carbocycles. The summed E-state index contributed by atoms with van der Waals surface area (Å²) >= 11 is 0. The van der Waals surface area contributed by atoms with Crippen LogP contribution < -0.4 is 5.43 Å². The van der Waals surface area contributed by atoms with Crippen LogP contribution in [-0.4, -0.2) is 26.2 Å². The molecule has 6 heteroatoms. The Morgan fingerprint density at radius 1 is 1.00 bits per heavy atom. The minimum absolute atomic E-state index is 0.581. The second-order valence-electron chi connectivity index (χ2n) is 2.59. The van der Waals surface area contributed by atoms with Crippen molar-refractivity contribution >= 4 is 12.0 Å². The van der Waals surface area contributed by atoms with Gasteiger partial charge in [0.05, 0.1) is 18.6 Å². The molecule has 2 aromatic rings. The fourth-order valence-corrected chi connectivity index (χ4v) is 0.899. The van der Waals surface area contributed by atoms with Crippen LogP contribution in [-0.2, 0) is 0 Å². The van der Waals surface area contributed by atoms with Crippen molar-refractivity contribution in [2.75, 3.05) is 5.43 Å². The third-order valence-electron chi connectivity index (χ3n) is 1.52. The predicted octanol–water partition coefficient (Wildman–Crippen LogP) is 0.713. The van der Waals surface area contributed by atoms with Gasteiger partial charge in [0, 0.05) is 24.8 Å². The molecular weight excluding hydrogens is 192 g/mol. The molecule has 2 heterocycles. The van der Waals surface area contributed by atoms with Crippen LogP contribution >= 0.6 is 0 Å². The van der Waals surface area contributed by atoms with Crippen LogP contribution in [0.5, 0.6) is 0 Å². The second-order valence-corrected chi connectivity index (χ2v) is 2.59. The van der Waals surface area contributed by atoms with Gasteiger partial charge in [-0.15, -0.1) is 0 Å². The number of hydrogen-bond acceptors (Lipinski definition) is 6. The molecule has 0 spiro atoms. The average Bonchev–Trinajstić information content (AvgIpc) is 2.32. The Bertz CT molecular complexity index is 427. The van der Waals surface area contributed by atoms with Crippen molar-refractivity contribution in [1.29, 1.82) is 0 Å². The van der Waals surface area contributed by atoms with Gasteiger partial charge in [0.2, 0.25) is 0 Å². The molecule has 0 unspecified atom stereocenters. The normalized spacial score (nSPS) is 10.4. The zero-order chi connectivity index (χ0) is 10.3. The molecule has 1 N–H and O–H groups in total. The number of nitrogens with one attached hydrogen (secondary N) is 1. The van der Waals surface area contributed by atoms with Crippen LogP contribution in [0, 0.1) is 0 Å². The number of hydrogen-bond donors (Lipinski definition) is 1. The van der Waals surface area contributed by atoms with Gasteiger partial charge in [-0.2, -0.15) is 5.10 Å². The highest BCUT2D eigenvalue weighted by molar-refractivity contribution is 5.76. The molecule has 6 nitrogen and oxygen atoms in total. The Morgan fingerprint density at radius 2 is 1.80 bits per heavy atom. The molecule has 2 aromatic heterocycles. The molecule has 15 heavy (non-hydrogen) atoms. The van der Waals surface area contributed by atoms with Gasteiger partial charge in [0.1, 0.15) is 5.69 Å². The summed E-state index contributed by atoms with van der Waals surface area (Å²) in [6.07, 6.45) is 11.1. The van der Waals surface area contributed by atoms with E-state index in [0.717, 1.165) is 0 Å². The summed E-state index contributed by atoms with van der Waals surface area (Å²) in [4.78, 5) is 15.8. The van der Waals surface area contributed by atoms with Crippen molar-refractivity contribution in [2.24, 2.45) is 5.10 Å². The van der Waals surface area contributed by atoms with Gasteiger partial charge < -0.3 is 0 Å². The van der Waals surface area contributed by atoms with Crippen LogP contribution in [0.4, 0.5) is 5.82 Å². The van der Waals surface area contributed by atoms with Crippen molar-refractivity contribution in [3.8, 4) is 0 Å². The molecule has 74 valence electrons. The number of anilines is 1. The Morgan fingerprint density at radius 3 is 2.47 bits per heavy atom. The molecule has 0 aliphatic rings. The first-order valence-corrected chi connectivity index (χ1v) is 4.26. The molecule has 0 aromatic carbocycles. The van der Waals surface area contributed by atoms with E-state index in [9.17, 15) is 0 Å². The van der Waals surface area contributed by atoms with E-state index in [1.54, 1.807) is 43.4 Å². The molecule has 0 bridgehead atoms. The van der Waals surface area contributed by atoms with Crippen LogP contribution in [0.15, 0.2) is 42.3 Å². The highest BCUT2D eigenvalue weighted by atomic mass is 15.3. The van der Waals surface area contributed by atoms with Gasteiger partial charge in [-0.25, -0.2) is 4.98 Å². The highest BCUT2D eigenvalue weighted by Gasteiger charge is 1.88. The van der Waals surface area contributed by atoms with Gasteiger partial charge in [-0.1, -0.05) is 0 Å². The Kier molecular flexibility index (Phi) is 2.91. The van der Waals surface area contributed by atoms with Crippen molar-refractivity contribution in [3.05, 3.63) is 42.9 Å². The van der Waals surface area contributed by atoms with E-state index in [-0.39, 0.29) is 0 Å². The lowest BCUT2D eigenvalue weighted by atomic mass is 10.5. The summed E-state index contributed by atoms with van der Waals surface area (Å²) < 4.78 is 0. The van der Waals surface area contributed by atoms with E-state index in [4.69, 9.17) is 0 Å². The molecule has 2 rings (SSSR count). The van der Waals surface area contributed by atoms with Gasteiger partial charge in [-0.3, -0.25) is 20.4 Å². The molecule has 0 saturated heterocycles. The number of aromatic nitrogens is 4. The summed E-state index contributed by atoms with van der Waals surface area (Å²) in [5, 5.41) is 3.93. The summed E-state index contributed by atoms with van der Waals surface area (Å²) in [6.45, 7) is 0. The third-order valence-corrected chi connectivity index (χ3v) is 1.52. The van der Waals surface area contributed by atoms with Crippen LogP contribution in [0.1, 0.15) is 5.69 Å². The predicted molar refractivity (Wildman–Crippen MR) is 55.3 cm³/mol. The molecule has 0 amide bonds. The quantitative estimate of drug-likeness (QED) is 0.583. The maximum atomic E-state index is 4.02. The van der Waals surface area contributed by atoms with Gasteiger partial charge >= 0.3 is 0 Å². The Balaban J connectivity index is 1.97. The summed E-state index contributed by atoms with van der Waals surface area (Å²) in [6, 6.07) is 0. The first-order chi connectivity index (χ1) is 7.45.